The first-order valence-corrected chi connectivity index (χ1v) is 10.4. The topological polar surface area (TPSA) is 39.1 Å². The van der Waals surface area contributed by atoms with Gasteiger partial charge in [-0.1, -0.05) is 30.7 Å². The SMILES string of the molecule is CN[C@H]1CCCCN(Cc2cccc(-c3ccc(C#N)c(F)c3)c2C2CC2)C1. The van der Waals surface area contributed by atoms with Gasteiger partial charge in [0, 0.05) is 19.1 Å². The van der Waals surface area contributed by atoms with Gasteiger partial charge in [-0.25, -0.2) is 4.39 Å². The summed E-state index contributed by atoms with van der Waals surface area (Å²) in [5, 5.41) is 12.5. The Morgan fingerprint density at radius 1 is 1.18 bits per heavy atom. The van der Waals surface area contributed by atoms with Crippen LogP contribution in [0.4, 0.5) is 4.39 Å². The average Bonchev–Trinajstić information content (AvgIpc) is 3.55. The van der Waals surface area contributed by atoms with Gasteiger partial charge in [0.05, 0.1) is 5.56 Å². The lowest BCUT2D eigenvalue weighted by molar-refractivity contribution is 0.254. The fourth-order valence-corrected chi connectivity index (χ4v) is 4.47. The number of likely N-dealkylation sites (tertiary alicyclic amines) is 1. The van der Waals surface area contributed by atoms with Crippen LogP contribution in [0.5, 0.6) is 0 Å². The van der Waals surface area contributed by atoms with Crippen molar-refractivity contribution in [3.63, 3.8) is 0 Å². The second-order valence-corrected chi connectivity index (χ2v) is 8.18. The van der Waals surface area contributed by atoms with Crippen LogP contribution in [0.3, 0.4) is 0 Å². The Morgan fingerprint density at radius 2 is 2.04 bits per heavy atom. The lowest BCUT2D eigenvalue weighted by Gasteiger charge is -2.26. The zero-order valence-electron chi connectivity index (χ0n) is 16.5. The van der Waals surface area contributed by atoms with E-state index in [1.807, 2.05) is 12.1 Å². The van der Waals surface area contributed by atoms with E-state index in [1.54, 1.807) is 6.07 Å². The Balaban J connectivity index is 1.66. The largest absolute Gasteiger partial charge is 0.316 e. The van der Waals surface area contributed by atoms with Crippen LogP contribution in [0.25, 0.3) is 11.1 Å². The molecule has 0 unspecified atom stereocenters. The van der Waals surface area contributed by atoms with Crippen molar-refractivity contribution in [1.82, 2.24) is 10.2 Å². The molecular weight excluding hydrogens is 349 g/mol. The average molecular weight is 378 g/mol. The molecule has 1 atom stereocenters. The number of halogens is 1. The van der Waals surface area contributed by atoms with Crippen molar-refractivity contribution in [3.8, 4) is 17.2 Å². The number of likely N-dealkylation sites (N-methyl/N-ethyl adjacent to an activating group) is 1. The zero-order valence-corrected chi connectivity index (χ0v) is 16.5. The molecule has 2 fully saturated rings. The molecule has 2 aromatic carbocycles. The molecule has 3 nitrogen and oxygen atoms in total. The lowest BCUT2D eigenvalue weighted by atomic mass is 9.91. The quantitative estimate of drug-likeness (QED) is 0.812. The second-order valence-electron chi connectivity index (χ2n) is 8.18. The second kappa shape index (κ2) is 8.43. The van der Waals surface area contributed by atoms with E-state index in [1.165, 1.54) is 49.3 Å². The van der Waals surface area contributed by atoms with Crippen molar-refractivity contribution in [3.05, 3.63) is 58.9 Å². The predicted molar refractivity (Wildman–Crippen MR) is 111 cm³/mol. The molecule has 1 saturated carbocycles. The van der Waals surface area contributed by atoms with Gasteiger partial charge in [-0.2, -0.15) is 5.26 Å². The molecule has 1 saturated heterocycles. The first kappa shape index (κ1) is 19.1. The van der Waals surface area contributed by atoms with Crippen LogP contribution in [-0.4, -0.2) is 31.1 Å². The highest BCUT2D eigenvalue weighted by Crippen LogP contribution is 2.46. The molecule has 4 rings (SSSR count). The van der Waals surface area contributed by atoms with E-state index in [2.05, 4.69) is 35.5 Å². The maximum absolute atomic E-state index is 14.2. The fraction of sp³-hybridized carbons (Fsp3) is 0.458. The van der Waals surface area contributed by atoms with Crippen molar-refractivity contribution in [2.45, 2.75) is 50.6 Å². The minimum Gasteiger partial charge on any atom is -0.316 e. The summed E-state index contributed by atoms with van der Waals surface area (Å²) in [5.74, 6) is 0.147. The minimum absolute atomic E-state index is 0.107. The van der Waals surface area contributed by atoms with Gasteiger partial charge in [0.1, 0.15) is 11.9 Å². The molecule has 0 spiro atoms. The molecule has 4 heteroatoms. The van der Waals surface area contributed by atoms with E-state index in [9.17, 15) is 4.39 Å². The Kier molecular flexibility index (Phi) is 5.75. The van der Waals surface area contributed by atoms with E-state index < -0.39 is 5.82 Å². The Labute approximate surface area is 167 Å². The van der Waals surface area contributed by atoms with Crippen LogP contribution in [0.1, 0.15) is 54.7 Å². The van der Waals surface area contributed by atoms with E-state index in [4.69, 9.17) is 5.26 Å². The molecule has 2 aromatic rings. The molecule has 1 aliphatic carbocycles. The summed E-state index contributed by atoms with van der Waals surface area (Å²) >= 11 is 0. The molecule has 1 N–H and O–H groups in total. The highest BCUT2D eigenvalue weighted by Gasteiger charge is 2.30. The molecule has 1 aliphatic heterocycles. The first-order chi connectivity index (χ1) is 13.7. The van der Waals surface area contributed by atoms with E-state index in [-0.39, 0.29) is 5.56 Å². The molecular formula is C24H28FN3. The number of nitrogens with one attached hydrogen (secondary N) is 1. The van der Waals surface area contributed by atoms with Crippen LogP contribution < -0.4 is 5.32 Å². The first-order valence-electron chi connectivity index (χ1n) is 10.4. The third-order valence-electron chi connectivity index (χ3n) is 6.14. The Bertz CT molecular complexity index is 882. The molecule has 28 heavy (non-hydrogen) atoms. The van der Waals surface area contributed by atoms with Gasteiger partial charge in [0.25, 0.3) is 0 Å². The summed E-state index contributed by atoms with van der Waals surface area (Å²) in [4.78, 5) is 2.57. The molecule has 0 aromatic heterocycles. The molecule has 2 aliphatic rings. The third kappa shape index (κ3) is 4.11. The van der Waals surface area contributed by atoms with E-state index in [0.29, 0.717) is 12.0 Å². The van der Waals surface area contributed by atoms with Crippen LogP contribution in [0.2, 0.25) is 0 Å². The van der Waals surface area contributed by atoms with Gasteiger partial charge in [0.15, 0.2) is 0 Å². The molecule has 0 amide bonds. The summed E-state index contributed by atoms with van der Waals surface area (Å²) in [6, 6.07) is 13.9. The van der Waals surface area contributed by atoms with Crippen molar-refractivity contribution >= 4 is 0 Å². The smallest absolute Gasteiger partial charge is 0.141 e. The summed E-state index contributed by atoms with van der Waals surface area (Å²) in [7, 11) is 2.06. The molecule has 146 valence electrons. The normalized spacial score (nSPS) is 20.5. The van der Waals surface area contributed by atoms with Crippen LogP contribution in [0.15, 0.2) is 36.4 Å². The summed E-state index contributed by atoms with van der Waals surface area (Å²) in [6.07, 6.45) is 6.19. The lowest BCUT2D eigenvalue weighted by Crippen LogP contribution is -2.37. The van der Waals surface area contributed by atoms with E-state index >= 15 is 0 Å². The van der Waals surface area contributed by atoms with Gasteiger partial charge in [0.2, 0.25) is 0 Å². The van der Waals surface area contributed by atoms with Crippen LogP contribution >= 0.6 is 0 Å². The van der Waals surface area contributed by atoms with Crippen molar-refractivity contribution in [2.24, 2.45) is 0 Å². The van der Waals surface area contributed by atoms with Gasteiger partial charge in [-0.05, 0) is 79.6 Å². The van der Waals surface area contributed by atoms with Crippen LogP contribution in [-0.2, 0) is 6.54 Å². The fourth-order valence-electron chi connectivity index (χ4n) is 4.47. The minimum atomic E-state index is -0.434. The number of benzene rings is 2. The van der Waals surface area contributed by atoms with Crippen molar-refractivity contribution in [1.29, 1.82) is 5.26 Å². The monoisotopic (exact) mass is 377 g/mol. The zero-order chi connectivity index (χ0) is 19.5. The van der Waals surface area contributed by atoms with E-state index in [0.717, 1.165) is 30.8 Å². The summed E-state index contributed by atoms with van der Waals surface area (Å²) < 4.78 is 14.2. The number of nitrogens with zero attached hydrogens (tertiary/aromatic N) is 2. The van der Waals surface area contributed by atoms with Gasteiger partial charge < -0.3 is 5.32 Å². The van der Waals surface area contributed by atoms with Gasteiger partial charge in [-0.15, -0.1) is 0 Å². The molecule has 0 radical (unpaired) electrons. The molecule has 1 heterocycles. The number of nitriles is 1. The molecule has 0 bridgehead atoms. The number of hydrogen-bond donors (Lipinski definition) is 1. The highest BCUT2D eigenvalue weighted by atomic mass is 19.1. The number of hydrogen-bond acceptors (Lipinski definition) is 3. The predicted octanol–water partition coefficient (Wildman–Crippen LogP) is 4.82. The summed E-state index contributed by atoms with van der Waals surface area (Å²) in [5.41, 5.74) is 4.88. The standard InChI is InChI=1S/C24H28FN3/c1-27-21-6-2-3-12-28(16-21)15-20-5-4-7-22(24(20)17-8-9-17)18-10-11-19(14-26)23(25)13-18/h4-5,7,10-11,13,17,21,27H,2-3,6,8-9,12,15-16H2,1H3/t21-/m0/s1. The maximum atomic E-state index is 14.2. The highest BCUT2D eigenvalue weighted by molar-refractivity contribution is 5.71. The Hall–Kier alpha value is -2.22. The Morgan fingerprint density at radius 3 is 2.75 bits per heavy atom. The van der Waals surface area contributed by atoms with Crippen LogP contribution in [0, 0.1) is 17.1 Å². The van der Waals surface area contributed by atoms with Gasteiger partial charge >= 0.3 is 0 Å². The third-order valence-corrected chi connectivity index (χ3v) is 6.14. The summed E-state index contributed by atoms with van der Waals surface area (Å²) in [6.45, 7) is 3.17. The van der Waals surface area contributed by atoms with Crippen molar-refractivity contribution in [2.75, 3.05) is 20.1 Å². The van der Waals surface area contributed by atoms with Gasteiger partial charge in [-0.3, -0.25) is 4.90 Å². The maximum Gasteiger partial charge on any atom is 0.141 e. The number of rotatable bonds is 5. The van der Waals surface area contributed by atoms with Crippen molar-refractivity contribution < 1.29 is 4.39 Å².